The molecule has 0 aliphatic carbocycles. The Balaban J connectivity index is 1.42. The van der Waals surface area contributed by atoms with Crippen LogP contribution in [0.2, 0.25) is 0 Å². The summed E-state index contributed by atoms with van der Waals surface area (Å²) in [7, 11) is 0. The fraction of sp³-hybridized carbons (Fsp3) is 0.333. The maximum Gasteiger partial charge on any atom is 0.147 e. The van der Waals surface area contributed by atoms with Gasteiger partial charge in [-0.3, -0.25) is 0 Å². The standard InChI is InChI=1S/C18H20N6OS/c25-11-14-7-4-8-24(14)16-9-15(20-12-21-16)19-10-17-22-23-18(26-17)13-5-2-1-3-6-13/h1-3,5-6,9,12,14,25H,4,7-8,10-11H2,(H,19,20,21). The van der Waals surface area contributed by atoms with Crippen molar-refractivity contribution >= 4 is 23.0 Å². The normalized spacial score (nSPS) is 16.8. The Kier molecular flexibility index (Phi) is 5.03. The van der Waals surface area contributed by atoms with Crippen molar-refractivity contribution in [2.45, 2.75) is 25.4 Å². The minimum absolute atomic E-state index is 0.148. The van der Waals surface area contributed by atoms with Gasteiger partial charge in [-0.2, -0.15) is 0 Å². The minimum atomic E-state index is 0.148. The zero-order chi connectivity index (χ0) is 17.8. The van der Waals surface area contributed by atoms with E-state index in [4.69, 9.17) is 0 Å². The average molecular weight is 368 g/mol. The predicted molar refractivity (Wildman–Crippen MR) is 102 cm³/mol. The molecule has 2 aromatic heterocycles. The molecule has 1 saturated heterocycles. The second kappa shape index (κ2) is 7.76. The van der Waals surface area contributed by atoms with E-state index in [0.717, 1.165) is 46.6 Å². The number of benzene rings is 1. The number of hydrogen-bond donors (Lipinski definition) is 2. The zero-order valence-corrected chi connectivity index (χ0v) is 15.1. The quantitative estimate of drug-likeness (QED) is 0.691. The number of aliphatic hydroxyl groups is 1. The summed E-state index contributed by atoms with van der Waals surface area (Å²) in [5, 5.41) is 23.1. The molecule has 1 aromatic carbocycles. The molecule has 4 rings (SSSR count). The molecule has 3 heterocycles. The molecule has 7 nitrogen and oxygen atoms in total. The van der Waals surface area contributed by atoms with Gasteiger partial charge in [0.05, 0.1) is 19.2 Å². The first kappa shape index (κ1) is 16.9. The minimum Gasteiger partial charge on any atom is -0.394 e. The summed E-state index contributed by atoms with van der Waals surface area (Å²) in [5.41, 5.74) is 1.07. The number of aromatic nitrogens is 4. The van der Waals surface area contributed by atoms with E-state index >= 15 is 0 Å². The van der Waals surface area contributed by atoms with Gasteiger partial charge in [-0.05, 0) is 12.8 Å². The van der Waals surface area contributed by atoms with E-state index in [1.165, 1.54) is 0 Å². The van der Waals surface area contributed by atoms with Crippen molar-refractivity contribution in [2.75, 3.05) is 23.4 Å². The maximum atomic E-state index is 9.50. The van der Waals surface area contributed by atoms with Gasteiger partial charge in [0.15, 0.2) is 0 Å². The molecule has 0 spiro atoms. The monoisotopic (exact) mass is 368 g/mol. The van der Waals surface area contributed by atoms with E-state index in [2.05, 4.69) is 30.4 Å². The Morgan fingerprint density at radius 1 is 1.19 bits per heavy atom. The summed E-state index contributed by atoms with van der Waals surface area (Å²) in [5.74, 6) is 1.59. The van der Waals surface area contributed by atoms with Gasteiger partial charge >= 0.3 is 0 Å². The summed E-state index contributed by atoms with van der Waals surface area (Å²) in [6.07, 6.45) is 3.63. The second-order valence-corrected chi connectivity index (χ2v) is 7.22. The summed E-state index contributed by atoms with van der Waals surface area (Å²) in [4.78, 5) is 10.8. The molecule has 3 aromatic rings. The summed E-state index contributed by atoms with van der Waals surface area (Å²) < 4.78 is 0. The molecule has 1 unspecified atom stereocenters. The van der Waals surface area contributed by atoms with Gasteiger partial charge in [-0.1, -0.05) is 41.7 Å². The molecular weight excluding hydrogens is 348 g/mol. The van der Waals surface area contributed by atoms with Crippen LogP contribution < -0.4 is 10.2 Å². The van der Waals surface area contributed by atoms with Crippen LogP contribution in [0.5, 0.6) is 0 Å². The maximum absolute atomic E-state index is 9.50. The number of nitrogens with zero attached hydrogens (tertiary/aromatic N) is 5. The van der Waals surface area contributed by atoms with Crippen molar-refractivity contribution in [2.24, 2.45) is 0 Å². The third-order valence-electron chi connectivity index (χ3n) is 4.44. The van der Waals surface area contributed by atoms with Crippen LogP contribution in [0.4, 0.5) is 11.6 Å². The highest BCUT2D eigenvalue weighted by Crippen LogP contribution is 2.26. The van der Waals surface area contributed by atoms with Gasteiger partial charge in [0, 0.05) is 18.2 Å². The second-order valence-electron chi connectivity index (χ2n) is 6.15. The zero-order valence-electron chi connectivity index (χ0n) is 14.2. The lowest BCUT2D eigenvalue weighted by atomic mass is 10.2. The predicted octanol–water partition coefficient (Wildman–Crippen LogP) is 2.57. The number of hydrogen-bond acceptors (Lipinski definition) is 8. The fourth-order valence-electron chi connectivity index (χ4n) is 3.12. The van der Waals surface area contributed by atoms with Crippen LogP contribution >= 0.6 is 11.3 Å². The van der Waals surface area contributed by atoms with Crippen LogP contribution in [0.15, 0.2) is 42.7 Å². The first-order valence-electron chi connectivity index (χ1n) is 8.64. The molecule has 1 aliphatic rings. The highest BCUT2D eigenvalue weighted by atomic mass is 32.1. The molecule has 0 saturated carbocycles. The highest BCUT2D eigenvalue weighted by Gasteiger charge is 2.25. The Labute approximate surface area is 155 Å². The van der Waals surface area contributed by atoms with Crippen LogP contribution in [-0.2, 0) is 6.54 Å². The molecule has 1 atom stereocenters. The lowest BCUT2D eigenvalue weighted by Crippen LogP contribution is -2.32. The van der Waals surface area contributed by atoms with Crippen molar-refractivity contribution < 1.29 is 5.11 Å². The Hall–Kier alpha value is -2.58. The Morgan fingerprint density at radius 3 is 2.92 bits per heavy atom. The number of nitrogens with one attached hydrogen (secondary N) is 1. The Bertz CT molecular complexity index is 856. The molecule has 0 radical (unpaired) electrons. The van der Waals surface area contributed by atoms with Crippen LogP contribution in [0.1, 0.15) is 17.8 Å². The highest BCUT2D eigenvalue weighted by molar-refractivity contribution is 7.14. The van der Waals surface area contributed by atoms with E-state index in [-0.39, 0.29) is 12.6 Å². The summed E-state index contributed by atoms with van der Waals surface area (Å²) >= 11 is 1.57. The third-order valence-corrected chi connectivity index (χ3v) is 5.42. The SMILES string of the molecule is OCC1CCCN1c1cc(NCc2nnc(-c3ccccc3)s2)ncn1. The topological polar surface area (TPSA) is 87.1 Å². The van der Waals surface area contributed by atoms with Gasteiger partial charge in [0.1, 0.15) is 28.0 Å². The van der Waals surface area contributed by atoms with Gasteiger partial charge in [-0.15, -0.1) is 10.2 Å². The van der Waals surface area contributed by atoms with Gasteiger partial charge in [-0.25, -0.2) is 9.97 Å². The van der Waals surface area contributed by atoms with Gasteiger partial charge < -0.3 is 15.3 Å². The van der Waals surface area contributed by atoms with Crippen molar-refractivity contribution in [3.05, 3.63) is 47.7 Å². The van der Waals surface area contributed by atoms with Crippen LogP contribution in [0.3, 0.4) is 0 Å². The number of aliphatic hydroxyl groups excluding tert-OH is 1. The molecule has 0 bridgehead atoms. The molecule has 26 heavy (non-hydrogen) atoms. The van der Waals surface area contributed by atoms with Crippen molar-refractivity contribution in [1.29, 1.82) is 0 Å². The fourth-order valence-corrected chi connectivity index (χ4v) is 3.90. The lowest BCUT2D eigenvalue weighted by molar-refractivity contribution is 0.266. The smallest absolute Gasteiger partial charge is 0.147 e. The van der Waals surface area contributed by atoms with E-state index in [0.29, 0.717) is 6.54 Å². The lowest BCUT2D eigenvalue weighted by Gasteiger charge is -2.24. The van der Waals surface area contributed by atoms with Gasteiger partial charge in [0.2, 0.25) is 0 Å². The molecule has 2 N–H and O–H groups in total. The summed E-state index contributed by atoms with van der Waals surface area (Å²) in [6.45, 7) is 1.63. The van der Waals surface area contributed by atoms with E-state index in [9.17, 15) is 5.11 Å². The molecule has 1 aliphatic heterocycles. The van der Waals surface area contributed by atoms with Crippen molar-refractivity contribution in [1.82, 2.24) is 20.2 Å². The first-order chi connectivity index (χ1) is 12.8. The van der Waals surface area contributed by atoms with E-state index < -0.39 is 0 Å². The summed E-state index contributed by atoms with van der Waals surface area (Å²) in [6, 6.07) is 12.1. The molecular formula is C18H20N6OS. The van der Waals surface area contributed by atoms with Crippen LogP contribution in [0.25, 0.3) is 10.6 Å². The number of rotatable bonds is 6. The van der Waals surface area contributed by atoms with E-state index in [1.54, 1.807) is 17.7 Å². The molecule has 1 fully saturated rings. The average Bonchev–Trinajstić information content (AvgIpc) is 3.36. The van der Waals surface area contributed by atoms with Crippen molar-refractivity contribution in [3.8, 4) is 10.6 Å². The first-order valence-corrected chi connectivity index (χ1v) is 9.46. The van der Waals surface area contributed by atoms with Crippen LogP contribution in [-0.4, -0.2) is 44.5 Å². The molecule has 8 heteroatoms. The third kappa shape index (κ3) is 3.66. The van der Waals surface area contributed by atoms with E-state index in [1.807, 2.05) is 36.4 Å². The molecule has 134 valence electrons. The van der Waals surface area contributed by atoms with Crippen molar-refractivity contribution in [3.63, 3.8) is 0 Å². The number of anilines is 2. The molecule has 0 amide bonds. The van der Waals surface area contributed by atoms with Gasteiger partial charge in [0.25, 0.3) is 0 Å². The largest absolute Gasteiger partial charge is 0.394 e. The van der Waals surface area contributed by atoms with Crippen LogP contribution in [0, 0.1) is 0 Å². The Morgan fingerprint density at radius 2 is 2.08 bits per heavy atom.